The Morgan fingerprint density at radius 1 is 1.47 bits per heavy atom. The van der Waals surface area contributed by atoms with E-state index in [9.17, 15) is 0 Å². The highest BCUT2D eigenvalue weighted by molar-refractivity contribution is 9.10. The van der Waals surface area contributed by atoms with Gasteiger partial charge in [-0.1, -0.05) is 0 Å². The van der Waals surface area contributed by atoms with Crippen LogP contribution in [0.5, 0.6) is 0 Å². The fraction of sp³-hybridized carbons (Fsp3) is 0.533. The molecular formula is C15H20BrN3. The summed E-state index contributed by atoms with van der Waals surface area (Å²) in [5.41, 5.74) is 1.93. The monoisotopic (exact) mass is 321 g/mol. The zero-order chi connectivity index (χ0) is 13.7. The fourth-order valence-electron chi connectivity index (χ4n) is 2.74. The minimum atomic E-state index is 0.602. The number of nitriles is 1. The number of benzene rings is 1. The molecule has 1 aliphatic heterocycles. The minimum absolute atomic E-state index is 0.602. The molecule has 0 aliphatic carbocycles. The van der Waals surface area contributed by atoms with Crippen molar-refractivity contribution < 1.29 is 0 Å². The zero-order valence-corrected chi connectivity index (χ0v) is 12.9. The smallest absolute Gasteiger partial charge is 0.0992 e. The summed E-state index contributed by atoms with van der Waals surface area (Å²) >= 11 is 3.61. The standard InChI is InChI=1S/C15H20BrN3/c1-18-8-7-13-4-2-3-9-19(13)15-6-5-12(11-17)10-14(15)16/h5-6,10,13,18H,2-4,7-9H2,1H3. The molecule has 1 heterocycles. The quantitative estimate of drug-likeness (QED) is 0.924. The lowest BCUT2D eigenvalue weighted by Crippen LogP contribution is -2.41. The van der Waals surface area contributed by atoms with Gasteiger partial charge in [0.15, 0.2) is 0 Å². The van der Waals surface area contributed by atoms with Crippen molar-refractivity contribution in [3.8, 4) is 6.07 Å². The summed E-state index contributed by atoms with van der Waals surface area (Å²) in [5.74, 6) is 0. The van der Waals surface area contributed by atoms with Gasteiger partial charge >= 0.3 is 0 Å². The maximum atomic E-state index is 8.94. The maximum Gasteiger partial charge on any atom is 0.0992 e. The molecule has 2 rings (SSSR count). The summed E-state index contributed by atoms with van der Waals surface area (Å²) in [6.45, 7) is 2.16. The Morgan fingerprint density at radius 2 is 2.32 bits per heavy atom. The Bertz CT molecular complexity index is 467. The Labute approximate surface area is 123 Å². The molecule has 1 aromatic rings. The lowest BCUT2D eigenvalue weighted by molar-refractivity contribution is 0.433. The SMILES string of the molecule is CNCCC1CCCCN1c1ccc(C#N)cc1Br. The summed E-state index contributed by atoms with van der Waals surface area (Å²) in [6.07, 6.45) is 5.00. The van der Waals surface area contributed by atoms with Crippen molar-refractivity contribution in [1.29, 1.82) is 5.26 Å². The van der Waals surface area contributed by atoms with Crippen LogP contribution < -0.4 is 10.2 Å². The Kier molecular flexibility index (Phi) is 5.24. The summed E-state index contributed by atoms with van der Waals surface area (Å²) in [7, 11) is 2.00. The molecule has 4 heteroatoms. The van der Waals surface area contributed by atoms with E-state index >= 15 is 0 Å². The van der Waals surface area contributed by atoms with Crippen LogP contribution in [0.3, 0.4) is 0 Å². The number of halogens is 1. The molecule has 0 radical (unpaired) electrons. The number of piperidine rings is 1. The number of nitrogens with zero attached hydrogens (tertiary/aromatic N) is 2. The topological polar surface area (TPSA) is 39.1 Å². The molecule has 19 heavy (non-hydrogen) atoms. The van der Waals surface area contributed by atoms with E-state index in [0.717, 1.165) is 17.6 Å². The third kappa shape index (κ3) is 3.49. The number of hydrogen-bond acceptors (Lipinski definition) is 3. The molecule has 102 valence electrons. The molecule has 1 saturated heterocycles. The molecule has 1 unspecified atom stereocenters. The fourth-order valence-corrected chi connectivity index (χ4v) is 3.34. The van der Waals surface area contributed by atoms with Crippen molar-refractivity contribution in [3.05, 3.63) is 28.2 Å². The summed E-state index contributed by atoms with van der Waals surface area (Å²) in [5, 5.41) is 12.2. The normalized spacial score (nSPS) is 19.2. The molecule has 1 aliphatic rings. The first-order valence-electron chi connectivity index (χ1n) is 6.87. The van der Waals surface area contributed by atoms with Crippen molar-refractivity contribution >= 4 is 21.6 Å². The van der Waals surface area contributed by atoms with Crippen molar-refractivity contribution in [3.63, 3.8) is 0 Å². The number of rotatable bonds is 4. The van der Waals surface area contributed by atoms with Gasteiger partial charge in [0.25, 0.3) is 0 Å². The van der Waals surface area contributed by atoms with E-state index in [0.29, 0.717) is 11.6 Å². The highest BCUT2D eigenvalue weighted by Crippen LogP contribution is 2.33. The van der Waals surface area contributed by atoms with Crippen LogP contribution in [-0.2, 0) is 0 Å². The lowest BCUT2D eigenvalue weighted by Gasteiger charge is -2.38. The van der Waals surface area contributed by atoms with Gasteiger partial charge in [0.05, 0.1) is 17.3 Å². The molecule has 0 aromatic heterocycles. The minimum Gasteiger partial charge on any atom is -0.368 e. The van der Waals surface area contributed by atoms with E-state index in [1.165, 1.54) is 31.4 Å². The molecule has 1 aromatic carbocycles. The molecule has 1 N–H and O–H groups in total. The summed E-state index contributed by atoms with van der Waals surface area (Å²) < 4.78 is 1.03. The van der Waals surface area contributed by atoms with Crippen LogP contribution in [0.1, 0.15) is 31.2 Å². The Hall–Kier alpha value is -1.05. The molecular weight excluding hydrogens is 302 g/mol. The van der Waals surface area contributed by atoms with Gasteiger partial charge in [0, 0.05) is 17.1 Å². The molecule has 3 nitrogen and oxygen atoms in total. The second kappa shape index (κ2) is 6.93. The highest BCUT2D eigenvalue weighted by atomic mass is 79.9. The van der Waals surface area contributed by atoms with Crippen LogP contribution >= 0.6 is 15.9 Å². The second-order valence-electron chi connectivity index (χ2n) is 5.01. The largest absolute Gasteiger partial charge is 0.368 e. The van der Waals surface area contributed by atoms with Gasteiger partial charge < -0.3 is 10.2 Å². The van der Waals surface area contributed by atoms with Crippen LogP contribution in [-0.4, -0.2) is 26.2 Å². The van der Waals surface area contributed by atoms with Gasteiger partial charge in [0.2, 0.25) is 0 Å². The summed E-state index contributed by atoms with van der Waals surface area (Å²) in [6, 6.07) is 8.68. The van der Waals surface area contributed by atoms with E-state index in [1.807, 2.05) is 19.2 Å². The van der Waals surface area contributed by atoms with E-state index in [4.69, 9.17) is 5.26 Å². The van der Waals surface area contributed by atoms with Crippen molar-refractivity contribution in [2.24, 2.45) is 0 Å². The van der Waals surface area contributed by atoms with Crippen molar-refractivity contribution in [2.75, 3.05) is 25.0 Å². The number of nitrogens with one attached hydrogen (secondary N) is 1. The van der Waals surface area contributed by atoms with Crippen LogP contribution in [0.25, 0.3) is 0 Å². The van der Waals surface area contributed by atoms with E-state index in [-0.39, 0.29) is 0 Å². The maximum absolute atomic E-state index is 8.94. The predicted molar refractivity (Wildman–Crippen MR) is 82.4 cm³/mol. The third-order valence-corrected chi connectivity index (χ3v) is 4.38. The zero-order valence-electron chi connectivity index (χ0n) is 11.3. The van der Waals surface area contributed by atoms with Crippen LogP contribution in [0.4, 0.5) is 5.69 Å². The summed E-state index contributed by atoms with van der Waals surface area (Å²) in [4.78, 5) is 2.49. The Morgan fingerprint density at radius 3 is 3.00 bits per heavy atom. The molecule has 1 atom stereocenters. The molecule has 1 fully saturated rings. The van der Waals surface area contributed by atoms with Gasteiger partial charge in [-0.25, -0.2) is 0 Å². The first kappa shape index (κ1) is 14.4. The van der Waals surface area contributed by atoms with Gasteiger partial charge in [-0.05, 0) is 73.4 Å². The third-order valence-electron chi connectivity index (χ3n) is 3.74. The first-order chi connectivity index (χ1) is 9.26. The number of anilines is 1. The van der Waals surface area contributed by atoms with Gasteiger partial charge in [-0.2, -0.15) is 5.26 Å². The van der Waals surface area contributed by atoms with Crippen molar-refractivity contribution in [2.45, 2.75) is 31.7 Å². The van der Waals surface area contributed by atoms with Gasteiger partial charge in [-0.3, -0.25) is 0 Å². The molecule has 0 bridgehead atoms. The lowest BCUT2D eigenvalue weighted by atomic mass is 9.98. The van der Waals surface area contributed by atoms with Crippen LogP contribution in [0.2, 0.25) is 0 Å². The van der Waals surface area contributed by atoms with E-state index < -0.39 is 0 Å². The molecule has 0 spiro atoms. The van der Waals surface area contributed by atoms with Crippen LogP contribution in [0, 0.1) is 11.3 Å². The first-order valence-corrected chi connectivity index (χ1v) is 7.66. The van der Waals surface area contributed by atoms with E-state index in [2.05, 4.69) is 38.3 Å². The average Bonchev–Trinajstić information content (AvgIpc) is 2.45. The predicted octanol–water partition coefficient (Wildman–Crippen LogP) is 3.29. The van der Waals surface area contributed by atoms with Gasteiger partial charge in [-0.15, -0.1) is 0 Å². The second-order valence-corrected chi connectivity index (χ2v) is 5.87. The molecule has 0 amide bonds. The van der Waals surface area contributed by atoms with Crippen LogP contribution in [0.15, 0.2) is 22.7 Å². The number of hydrogen-bond donors (Lipinski definition) is 1. The Balaban J connectivity index is 2.19. The molecule has 0 saturated carbocycles. The average molecular weight is 322 g/mol. The van der Waals surface area contributed by atoms with E-state index in [1.54, 1.807) is 0 Å². The van der Waals surface area contributed by atoms with Gasteiger partial charge in [0.1, 0.15) is 0 Å². The highest BCUT2D eigenvalue weighted by Gasteiger charge is 2.23. The van der Waals surface area contributed by atoms with Crippen molar-refractivity contribution in [1.82, 2.24) is 5.32 Å².